The molecule has 0 aromatic heterocycles. The first-order valence-electron chi connectivity index (χ1n) is 8.22. The van der Waals surface area contributed by atoms with Gasteiger partial charge in [-0.3, -0.25) is 4.79 Å². The number of hydrogen-bond donors (Lipinski definition) is 0. The zero-order valence-electron chi connectivity index (χ0n) is 15.0. The highest BCUT2D eigenvalue weighted by Gasteiger charge is 2.07. The van der Waals surface area contributed by atoms with Crippen LogP contribution in [-0.4, -0.2) is 38.1 Å². The second-order valence-electron chi connectivity index (χ2n) is 6.06. The van der Waals surface area contributed by atoms with E-state index in [1.165, 1.54) is 0 Å². The van der Waals surface area contributed by atoms with Crippen LogP contribution in [0.5, 0.6) is 11.5 Å². The van der Waals surface area contributed by atoms with E-state index in [-0.39, 0.29) is 5.91 Å². The first-order valence-corrected chi connectivity index (χ1v) is 8.22. The fraction of sp³-hybridized carbons (Fsp3) is 0.526. The van der Waals surface area contributed by atoms with Crippen LogP contribution in [0.3, 0.4) is 0 Å². The number of carbonyl (C=O) groups is 1. The zero-order chi connectivity index (χ0) is 17.2. The highest BCUT2D eigenvalue weighted by atomic mass is 16.5. The average Bonchev–Trinajstić information content (AvgIpc) is 2.55. The summed E-state index contributed by atoms with van der Waals surface area (Å²) in [6.07, 6.45) is 5.50. The Morgan fingerprint density at radius 1 is 1.30 bits per heavy atom. The summed E-state index contributed by atoms with van der Waals surface area (Å²) in [6, 6.07) is 5.69. The maximum absolute atomic E-state index is 12.0. The molecule has 1 rings (SSSR count). The molecule has 0 aliphatic carbocycles. The quantitative estimate of drug-likeness (QED) is 0.646. The smallest absolute Gasteiger partial charge is 0.246 e. The molecule has 0 heterocycles. The fourth-order valence-corrected chi connectivity index (χ4v) is 1.96. The normalized spacial score (nSPS) is 11.0. The van der Waals surface area contributed by atoms with Gasteiger partial charge in [0.2, 0.25) is 5.91 Å². The number of carbonyl (C=O) groups excluding carboxylic acids is 1. The number of unbranched alkanes of at least 4 members (excludes halogenated alkanes) is 1. The standard InChI is InChI=1S/C19H29NO3/c1-6-7-12-20(4)19(21)11-9-16-8-10-17(18(13-16)22-5)23-14-15(2)3/h8-11,13,15H,6-7,12,14H2,1-5H3. The van der Waals surface area contributed by atoms with Crippen LogP contribution in [0.15, 0.2) is 24.3 Å². The summed E-state index contributed by atoms with van der Waals surface area (Å²) in [5.41, 5.74) is 0.913. The lowest BCUT2D eigenvalue weighted by Gasteiger charge is -2.14. The lowest BCUT2D eigenvalue weighted by atomic mass is 10.1. The highest BCUT2D eigenvalue weighted by Crippen LogP contribution is 2.29. The van der Waals surface area contributed by atoms with Crippen molar-refractivity contribution < 1.29 is 14.3 Å². The molecule has 0 spiro atoms. The van der Waals surface area contributed by atoms with Crippen molar-refractivity contribution in [2.45, 2.75) is 33.6 Å². The molecule has 4 heteroatoms. The summed E-state index contributed by atoms with van der Waals surface area (Å²) in [5, 5.41) is 0. The fourth-order valence-electron chi connectivity index (χ4n) is 1.96. The van der Waals surface area contributed by atoms with Gasteiger partial charge in [-0.25, -0.2) is 0 Å². The molecule has 1 aromatic rings. The maximum Gasteiger partial charge on any atom is 0.246 e. The van der Waals surface area contributed by atoms with Gasteiger partial charge in [0.05, 0.1) is 13.7 Å². The largest absolute Gasteiger partial charge is 0.493 e. The molecule has 0 N–H and O–H groups in total. The Hall–Kier alpha value is -1.97. The van der Waals surface area contributed by atoms with Crippen molar-refractivity contribution in [1.82, 2.24) is 4.90 Å². The molecule has 4 nitrogen and oxygen atoms in total. The van der Waals surface area contributed by atoms with Gasteiger partial charge >= 0.3 is 0 Å². The van der Waals surface area contributed by atoms with Gasteiger partial charge in [0.25, 0.3) is 0 Å². The Balaban J connectivity index is 2.73. The summed E-state index contributed by atoms with van der Waals surface area (Å²) in [7, 11) is 3.44. The molecule has 0 atom stereocenters. The molecule has 0 radical (unpaired) electrons. The van der Waals surface area contributed by atoms with Gasteiger partial charge < -0.3 is 14.4 Å². The first kappa shape index (κ1) is 19.1. The summed E-state index contributed by atoms with van der Waals surface area (Å²) in [5.74, 6) is 1.87. The van der Waals surface area contributed by atoms with Crippen LogP contribution in [0.2, 0.25) is 0 Å². The van der Waals surface area contributed by atoms with Crippen molar-refractivity contribution in [3.8, 4) is 11.5 Å². The lowest BCUT2D eigenvalue weighted by molar-refractivity contribution is -0.124. The second-order valence-corrected chi connectivity index (χ2v) is 6.06. The second kappa shape index (κ2) is 9.93. The molecule has 0 aliphatic rings. The monoisotopic (exact) mass is 319 g/mol. The van der Waals surface area contributed by atoms with Crippen LogP contribution in [0.25, 0.3) is 6.08 Å². The van der Waals surface area contributed by atoms with E-state index in [0.717, 1.165) is 30.7 Å². The van der Waals surface area contributed by atoms with E-state index in [0.29, 0.717) is 18.3 Å². The first-order chi connectivity index (χ1) is 11.0. The molecular formula is C19H29NO3. The molecule has 128 valence electrons. The summed E-state index contributed by atoms with van der Waals surface area (Å²) in [4.78, 5) is 13.7. The average molecular weight is 319 g/mol. The molecule has 0 saturated carbocycles. The number of benzene rings is 1. The molecule has 0 saturated heterocycles. The van der Waals surface area contributed by atoms with Crippen LogP contribution in [0.4, 0.5) is 0 Å². The Kier molecular flexibility index (Phi) is 8.23. The molecule has 23 heavy (non-hydrogen) atoms. The summed E-state index contributed by atoms with van der Waals surface area (Å²) in [6.45, 7) is 7.75. The van der Waals surface area contributed by atoms with E-state index in [9.17, 15) is 4.79 Å². The predicted octanol–water partition coefficient (Wildman–Crippen LogP) is 4.00. The Morgan fingerprint density at radius 2 is 2.04 bits per heavy atom. The van der Waals surface area contributed by atoms with Gasteiger partial charge in [-0.1, -0.05) is 33.3 Å². The minimum absolute atomic E-state index is 0.0116. The van der Waals surface area contributed by atoms with Gasteiger partial charge in [0.15, 0.2) is 11.5 Å². The van der Waals surface area contributed by atoms with Gasteiger partial charge in [0.1, 0.15) is 0 Å². The maximum atomic E-state index is 12.0. The zero-order valence-corrected chi connectivity index (χ0v) is 15.0. The van der Waals surface area contributed by atoms with Crippen LogP contribution in [-0.2, 0) is 4.79 Å². The predicted molar refractivity (Wildman–Crippen MR) is 94.9 cm³/mol. The van der Waals surface area contributed by atoms with E-state index in [1.807, 2.05) is 25.2 Å². The molecule has 0 bridgehead atoms. The number of methoxy groups -OCH3 is 1. The third-order valence-corrected chi connectivity index (χ3v) is 3.40. The third kappa shape index (κ3) is 6.76. The lowest BCUT2D eigenvalue weighted by Crippen LogP contribution is -2.25. The van der Waals surface area contributed by atoms with Crippen molar-refractivity contribution in [1.29, 1.82) is 0 Å². The highest BCUT2D eigenvalue weighted by molar-refractivity contribution is 5.91. The Morgan fingerprint density at radius 3 is 2.65 bits per heavy atom. The van der Waals surface area contributed by atoms with Crippen molar-refractivity contribution in [3.05, 3.63) is 29.8 Å². The number of nitrogens with zero attached hydrogens (tertiary/aromatic N) is 1. The molecule has 1 aromatic carbocycles. The molecular weight excluding hydrogens is 290 g/mol. The topological polar surface area (TPSA) is 38.8 Å². The Bertz CT molecular complexity index is 523. The number of likely N-dealkylation sites (N-methyl/N-ethyl adjacent to an activating group) is 1. The number of amides is 1. The number of ether oxygens (including phenoxy) is 2. The molecule has 0 aliphatic heterocycles. The van der Waals surface area contributed by atoms with Gasteiger partial charge in [-0.2, -0.15) is 0 Å². The van der Waals surface area contributed by atoms with E-state index in [2.05, 4.69) is 20.8 Å². The minimum atomic E-state index is 0.0116. The van der Waals surface area contributed by atoms with Gasteiger partial charge in [-0.05, 0) is 36.1 Å². The minimum Gasteiger partial charge on any atom is -0.493 e. The van der Waals surface area contributed by atoms with Crippen molar-refractivity contribution >= 4 is 12.0 Å². The van der Waals surface area contributed by atoms with Crippen LogP contribution in [0, 0.1) is 5.92 Å². The molecule has 0 unspecified atom stereocenters. The van der Waals surface area contributed by atoms with E-state index in [4.69, 9.17) is 9.47 Å². The van der Waals surface area contributed by atoms with E-state index in [1.54, 1.807) is 24.2 Å². The number of hydrogen-bond acceptors (Lipinski definition) is 3. The van der Waals surface area contributed by atoms with Crippen molar-refractivity contribution in [3.63, 3.8) is 0 Å². The van der Waals surface area contributed by atoms with E-state index < -0.39 is 0 Å². The van der Waals surface area contributed by atoms with Crippen molar-refractivity contribution in [2.24, 2.45) is 5.92 Å². The van der Waals surface area contributed by atoms with Gasteiger partial charge in [-0.15, -0.1) is 0 Å². The molecule has 0 fully saturated rings. The van der Waals surface area contributed by atoms with Gasteiger partial charge in [0, 0.05) is 19.7 Å². The summed E-state index contributed by atoms with van der Waals surface area (Å²) >= 11 is 0. The summed E-state index contributed by atoms with van der Waals surface area (Å²) < 4.78 is 11.1. The molecule has 1 amide bonds. The van der Waals surface area contributed by atoms with E-state index >= 15 is 0 Å². The number of rotatable bonds is 9. The van der Waals surface area contributed by atoms with Crippen LogP contribution in [0.1, 0.15) is 39.2 Å². The van der Waals surface area contributed by atoms with Crippen LogP contribution < -0.4 is 9.47 Å². The Labute approximate surface area is 140 Å². The van der Waals surface area contributed by atoms with Crippen molar-refractivity contribution in [2.75, 3.05) is 27.3 Å². The van der Waals surface area contributed by atoms with Crippen LogP contribution >= 0.6 is 0 Å². The SMILES string of the molecule is CCCCN(C)C(=O)C=Cc1ccc(OCC(C)C)c(OC)c1. The third-order valence-electron chi connectivity index (χ3n) is 3.40.